The van der Waals surface area contributed by atoms with Gasteiger partial charge in [-0.1, -0.05) is 0 Å². The lowest BCUT2D eigenvalue weighted by Gasteiger charge is -2.11. The van der Waals surface area contributed by atoms with E-state index in [-0.39, 0.29) is 17.6 Å². The second kappa shape index (κ2) is 6.01. The van der Waals surface area contributed by atoms with Gasteiger partial charge in [0.05, 0.1) is 11.7 Å². The largest absolute Gasteiger partial charge is 0.343 e. The summed E-state index contributed by atoms with van der Waals surface area (Å²) in [5.74, 6) is -0.288. The van der Waals surface area contributed by atoms with Crippen molar-refractivity contribution in [2.24, 2.45) is 7.05 Å². The first-order valence-corrected chi connectivity index (χ1v) is 7.59. The molecule has 0 spiro atoms. The van der Waals surface area contributed by atoms with Crippen LogP contribution in [0, 0.1) is 0 Å². The molecule has 2 rings (SSSR count). The van der Waals surface area contributed by atoms with Gasteiger partial charge in [-0.05, 0) is 35.8 Å². The Kier molecular flexibility index (Phi) is 4.54. The van der Waals surface area contributed by atoms with E-state index in [1.807, 2.05) is 6.92 Å². The molecule has 2 unspecified atom stereocenters. The monoisotopic (exact) mass is 360 g/mol. The van der Waals surface area contributed by atoms with Gasteiger partial charge in [-0.15, -0.1) is 11.3 Å². The van der Waals surface area contributed by atoms with Crippen LogP contribution < -0.4 is 5.32 Å². The van der Waals surface area contributed by atoms with Crippen LogP contribution in [0.5, 0.6) is 0 Å². The quantitative estimate of drug-likeness (QED) is 0.910. The number of nitrogens with one attached hydrogen (secondary N) is 1. The number of aryl methyl sites for hydroxylation is 1. The smallest absolute Gasteiger partial charge is 0.270 e. The molecule has 1 N–H and O–H groups in total. The van der Waals surface area contributed by atoms with Gasteiger partial charge in [-0.3, -0.25) is 9.48 Å². The van der Waals surface area contributed by atoms with Gasteiger partial charge in [-0.25, -0.2) is 9.37 Å². The van der Waals surface area contributed by atoms with Gasteiger partial charge in [0.25, 0.3) is 5.91 Å². The molecule has 2 heterocycles. The Morgan fingerprint density at radius 1 is 1.55 bits per heavy atom. The normalized spacial score (nSPS) is 14.1. The maximum absolute atomic E-state index is 13.2. The molecule has 1 amide bonds. The molecule has 0 radical (unpaired) electrons. The minimum Gasteiger partial charge on any atom is -0.343 e. The number of carbonyl (C=O) groups excluding carboxylic acids is 1. The van der Waals surface area contributed by atoms with Crippen LogP contribution >= 0.6 is 27.3 Å². The number of rotatable bonds is 4. The van der Waals surface area contributed by atoms with Crippen LogP contribution in [-0.2, 0) is 7.05 Å². The topological polar surface area (TPSA) is 59.8 Å². The molecule has 0 fully saturated rings. The predicted molar refractivity (Wildman–Crippen MR) is 78.4 cm³/mol. The summed E-state index contributed by atoms with van der Waals surface area (Å²) in [5, 5.41) is 6.83. The molecule has 5 nitrogen and oxygen atoms in total. The highest BCUT2D eigenvalue weighted by Gasteiger charge is 2.19. The first kappa shape index (κ1) is 15.1. The van der Waals surface area contributed by atoms with Crippen LogP contribution in [0.4, 0.5) is 4.39 Å². The number of nitrogens with zero attached hydrogens (tertiary/aromatic N) is 3. The van der Waals surface area contributed by atoms with Crippen molar-refractivity contribution in [3.05, 3.63) is 32.4 Å². The summed E-state index contributed by atoms with van der Waals surface area (Å²) in [5.41, 5.74) is 0.589. The summed E-state index contributed by atoms with van der Waals surface area (Å²) >= 11 is 4.74. The lowest BCUT2D eigenvalue weighted by atomic mass is 10.2. The highest BCUT2D eigenvalue weighted by atomic mass is 79.9. The van der Waals surface area contributed by atoms with Crippen molar-refractivity contribution in [2.75, 3.05) is 0 Å². The van der Waals surface area contributed by atoms with Gasteiger partial charge in [0.1, 0.15) is 11.9 Å². The molecule has 2 aromatic rings. The Hall–Kier alpha value is -1.28. The summed E-state index contributed by atoms with van der Waals surface area (Å²) in [4.78, 5) is 17.2. The van der Waals surface area contributed by atoms with Crippen LogP contribution in [0.3, 0.4) is 0 Å². The second-order valence-electron chi connectivity index (χ2n) is 4.40. The van der Waals surface area contributed by atoms with Gasteiger partial charge < -0.3 is 5.32 Å². The van der Waals surface area contributed by atoms with E-state index in [0.717, 1.165) is 8.79 Å². The molecule has 0 aliphatic carbocycles. The zero-order valence-electron chi connectivity index (χ0n) is 11.2. The first-order chi connectivity index (χ1) is 9.38. The number of aromatic nitrogens is 3. The number of amides is 1. The molecule has 108 valence electrons. The van der Waals surface area contributed by atoms with Crippen LogP contribution in [0.15, 0.2) is 16.2 Å². The number of hydrogen-bond acceptors (Lipinski definition) is 4. The third kappa shape index (κ3) is 3.24. The Morgan fingerprint density at radius 3 is 2.75 bits per heavy atom. The highest BCUT2D eigenvalue weighted by Crippen LogP contribution is 2.24. The van der Waals surface area contributed by atoms with Crippen molar-refractivity contribution < 1.29 is 9.18 Å². The summed E-state index contributed by atoms with van der Waals surface area (Å²) in [7, 11) is 1.62. The Bertz CT molecular complexity index is 625. The molecule has 0 aliphatic rings. The zero-order chi connectivity index (χ0) is 14.9. The number of carbonyl (C=O) groups is 1. The third-order valence-corrected chi connectivity index (χ3v) is 4.47. The van der Waals surface area contributed by atoms with E-state index in [0.29, 0.717) is 5.69 Å². The van der Waals surface area contributed by atoms with E-state index < -0.39 is 6.17 Å². The third-order valence-electron chi connectivity index (χ3n) is 2.81. The Morgan fingerprint density at radius 2 is 2.25 bits per heavy atom. The molecule has 0 saturated carbocycles. The van der Waals surface area contributed by atoms with Crippen molar-refractivity contribution in [3.63, 3.8) is 0 Å². The number of alkyl halides is 1. The predicted octanol–water partition coefficient (Wildman–Crippen LogP) is 3.16. The van der Waals surface area contributed by atoms with Crippen molar-refractivity contribution >= 4 is 33.2 Å². The fourth-order valence-electron chi connectivity index (χ4n) is 1.70. The van der Waals surface area contributed by atoms with Gasteiger partial charge in [-0.2, -0.15) is 5.10 Å². The fraction of sp³-hybridized carbons (Fsp3) is 0.417. The van der Waals surface area contributed by atoms with Crippen LogP contribution in [0.25, 0.3) is 0 Å². The van der Waals surface area contributed by atoms with Crippen LogP contribution in [-0.4, -0.2) is 20.7 Å². The van der Waals surface area contributed by atoms with E-state index in [1.54, 1.807) is 13.2 Å². The molecule has 8 heteroatoms. The molecule has 2 aromatic heterocycles. The average Bonchev–Trinajstić information content (AvgIpc) is 2.95. The molecule has 0 saturated heterocycles. The highest BCUT2D eigenvalue weighted by molar-refractivity contribution is 9.11. The van der Waals surface area contributed by atoms with E-state index in [9.17, 15) is 9.18 Å². The molecule has 0 aliphatic heterocycles. The minimum atomic E-state index is -1.20. The zero-order valence-corrected chi connectivity index (χ0v) is 13.6. The molecule has 20 heavy (non-hydrogen) atoms. The average molecular weight is 361 g/mol. The lowest BCUT2D eigenvalue weighted by Crippen LogP contribution is -2.27. The standard InChI is InChI=1S/C12H14BrFN4OS/c1-6(14)8-4-9(18(3)17-8)11(19)16-7(2)10-5-15-12(13)20-10/h4-7H,1-3H3,(H,16,19). The molecule has 0 bridgehead atoms. The lowest BCUT2D eigenvalue weighted by molar-refractivity contribution is 0.0931. The van der Waals surface area contributed by atoms with Crippen molar-refractivity contribution in [1.29, 1.82) is 0 Å². The van der Waals surface area contributed by atoms with E-state index in [2.05, 4.69) is 31.3 Å². The minimum absolute atomic E-state index is 0.174. The molecule has 2 atom stereocenters. The van der Waals surface area contributed by atoms with Crippen LogP contribution in [0.1, 0.15) is 47.1 Å². The van der Waals surface area contributed by atoms with Gasteiger partial charge in [0, 0.05) is 18.1 Å². The van der Waals surface area contributed by atoms with Crippen molar-refractivity contribution in [3.8, 4) is 0 Å². The van der Waals surface area contributed by atoms with Crippen molar-refractivity contribution in [2.45, 2.75) is 26.1 Å². The molecular weight excluding hydrogens is 347 g/mol. The summed E-state index contributed by atoms with van der Waals surface area (Å²) in [6, 6.07) is 1.29. The van der Waals surface area contributed by atoms with Gasteiger partial charge in [0.15, 0.2) is 3.92 Å². The summed E-state index contributed by atoms with van der Waals surface area (Å²) < 4.78 is 15.4. The van der Waals surface area contributed by atoms with Gasteiger partial charge in [0.2, 0.25) is 0 Å². The number of halogens is 2. The van der Waals surface area contributed by atoms with Gasteiger partial charge >= 0.3 is 0 Å². The fourth-order valence-corrected chi connectivity index (χ4v) is 3.01. The first-order valence-electron chi connectivity index (χ1n) is 5.98. The number of thiazole rings is 1. The summed E-state index contributed by atoms with van der Waals surface area (Å²) in [6.07, 6.45) is 0.510. The Labute approximate surface area is 128 Å². The van der Waals surface area contributed by atoms with E-state index in [4.69, 9.17) is 0 Å². The van der Waals surface area contributed by atoms with E-state index in [1.165, 1.54) is 29.0 Å². The maximum Gasteiger partial charge on any atom is 0.270 e. The summed E-state index contributed by atoms with van der Waals surface area (Å²) in [6.45, 7) is 3.26. The maximum atomic E-state index is 13.2. The Balaban J connectivity index is 2.12. The SMILES string of the molecule is CC(F)c1cc(C(=O)NC(C)c2cnc(Br)s2)n(C)n1. The van der Waals surface area contributed by atoms with Crippen LogP contribution in [0.2, 0.25) is 0 Å². The second-order valence-corrected chi connectivity index (χ2v) is 6.74. The van der Waals surface area contributed by atoms with Crippen molar-refractivity contribution in [1.82, 2.24) is 20.1 Å². The molecule has 0 aromatic carbocycles. The van der Waals surface area contributed by atoms with E-state index >= 15 is 0 Å². The number of hydrogen-bond donors (Lipinski definition) is 1. The molecular formula is C12H14BrFN4OS.